The molecular weight excluding hydrogens is 442 g/mol. The Morgan fingerprint density at radius 2 is 2.00 bits per heavy atom. The van der Waals surface area contributed by atoms with E-state index in [0.29, 0.717) is 28.1 Å². The average Bonchev–Trinajstić information content (AvgIpc) is 3.55. The molecule has 6 rings (SSSR count). The van der Waals surface area contributed by atoms with Crippen LogP contribution in [-0.4, -0.2) is 41.8 Å². The normalized spacial score (nSPS) is 18.1. The number of benzene rings is 1. The monoisotopic (exact) mass is 458 g/mol. The molecule has 34 heavy (non-hydrogen) atoms. The molecule has 5 aromatic rings. The summed E-state index contributed by atoms with van der Waals surface area (Å²) in [6, 6.07) is 11.3. The zero-order valence-electron chi connectivity index (χ0n) is 17.6. The van der Waals surface area contributed by atoms with Crippen molar-refractivity contribution in [3.63, 3.8) is 0 Å². The van der Waals surface area contributed by atoms with Crippen LogP contribution in [-0.2, 0) is 0 Å². The highest BCUT2D eigenvalue weighted by Gasteiger charge is 2.39. The van der Waals surface area contributed by atoms with Crippen LogP contribution in [0, 0.1) is 17.1 Å². The Kier molecular flexibility index (Phi) is 4.41. The number of nitriles is 1. The predicted octanol–water partition coefficient (Wildman–Crippen LogP) is 3.06. The Morgan fingerprint density at radius 3 is 2.79 bits per heavy atom. The number of aromatic nitrogens is 6. The predicted molar refractivity (Wildman–Crippen MR) is 119 cm³/mol. The zero-order valence-corrected chi connectivity index (χ0v) is 17.6. The van der Waals surface area contributed by atoms with Gasteiger partial charge in [-0.3, -0.25) is 9.36 Å². The van der Waals surface area contributed by atoms with E-state index in [0.717, 1.165) is 0 Å². The molecule has 4 aromatic heterocycles. The molecule has 1 aliphatic heterocycles. The highest BCUT2D eigenvalue weighted by molar-refractivity contribution is 5.93. The smallest absolute Gasteiger partial charge is 0.285 e. The van der Waals surface area contributed by atoms with Gasteiger partial charge in [0.05, 0.1) is 29.2 Å². The molecule has 1 fully saturated rings. The maximum Gasteiger partial charge on any atom is 0.285 e. The Hall–Kier alpha value is -4.59. The van der Waals surface area contributed by atoms with Crippen molar-refractivity contribution >= 4 is 22.4 Å². The standard InChI is InChI=1S/C23H16F2N8O/c24-14-8-17(31(11-14)22-18-13(9-26)10-27-20(18)28-12-29-22)21-30-32-7-6-16(25)19(32)23(34)33(21)15-4-2-1-3-5-15/h1-7,10,12,14,17H,8,11H2,(H,27,28,29)/t14-,17-/m0/s1. The number of nitrogens with zero attached hydrogens (tertiary/aromatic N) is 7. The van der Waals surface area contributed by atoms with Crippen molar-refractivity contribution in [3.05, 3.63) is 82.7 Å². The summed E-state index contributed by atoms with van der Waals surface area (Å²) in [5.41, 5.74) is 0.443. The molecule has 2 atom stereocenters. The summed E-state index contributed by atoms with van der Waals surface area (Å²) in [6.45, 7) is -0.0183. The lowest BCUT2D eigenvalue weighted by Crippen LogP contribution is -2.33. The van der Waals surface area contributed by atoms with E-state index in [1.807, 2.05) is 0 Å². The first-order valence-corrected chi connectivity index (χ1v) is 10.5. The van der Waals surface area contributed by atoms with Crippen LogP contribution in [0.4, 0.5) is 14.6 Å². The van der Waals surface area contributed by atoms with Gasteiger partial charge in [-0.05, 0) is 18.2 Å². The second kappa shape index (κ2) is 7.48. The molecule has 11 heteroatoms. The maximum absolute atomic E-state index is 14.9. The molecule has 0 radical (unpaired) electrons. The van der Waals surface area contributed by atoms with Crippen molar-refractivity contribution < 1.29 is 8.78 Å². The maximum atomic E-state index is 14.9. The number of H-pyrrole nitrogens is 1. The third-order valence-corrected chi connectivity index (χ3v) is 6.07. The van der Waals surface area contributed by atoms with E-state index >= 15 is 0 Å². The summed E-state index contributed by atoms with van der Waals surface area (Å²) < 4.78 is 31.9. The number of hydrogen-bond donors (Lipinski definition) is 1. The number of halogens is 2. The number of rotatable bonds is 3. The third kappa shape index (κ3) is 2.88. The summed E-state index contributed by atoms with van der Waals surface area (Å²) in [7, 11) is 0. The van der Waals surface area contributed by atoms with Crippen LogP contribution in [0.5, 0.6) is 0 Å². The minimum atomic E-state index is -1.24. The van der Waals surface area contributed by atoms with E-state index < -0.39 is 23.6 Å². The number of anilines is 1. The Bertz CT molecular complexity index is 1650. The molecule has 0 amide bonds. The van der Waals surface area contributed by atoms with Crippen molar-refractivity contribution in [2.24, 2.45) is 0 Å². The molecule has 1 N–H and O–H groups in total. The number of fused-ring (bicyclic) bond motifs is 2. The van der Waals surface area contributed by atoms with Crippen LogP contribution in [0.15, 0.2) is 59.9 Å². The van der Waals surface area contributed by atoms with Crippen LogP contribution < -0.4 is 10.5 Å². The van der Waals surface area contributed by atoms with Gasteiger partial charge in [0.25, 0.3) is 5.56 Å². The number of para-hydroxylation sites is 1. The van der Waals surface area contributed by atoms with Crippen LogP contribution in [0.1, 0.15) is 23.9 Å². The molecule has 0 unspecified atom stereocenters. The fourth-order valence-electron chi connectivity index (χ4n) is 4.61. The van der Waals surface area contributed by atoms with E-state index in [-0.39, 0.29) is 24.3 Å². The lowest BCUT2D eigenvalue weighted by molar-refractivity contribution is 0.354. The highest BCUT2D eigenvalue weighted by Crippen LogP contribution is 2.39. The summed E-state index contributed by atoms with van der Waals surface area (Å²) in [5.74, 6) is -0.0929. The van der Waals surface area contributed by atoms with Gasteiger partial charge in [-0.25, -0.2) is 23.3 Å². The van der Waals surface area contributed by atoms with Gasteiger partial charge in [0, 0.05) is 18.8 Å². The van der Waals surface area contributed by atoms with E-state index in [1.54, 1.807) is 35.2 Å². The zero-order chi connectivity index (χ0) is 23.4. The molecular formula is C23H16F2N8O. The molecule has 168 valence electrons. The number of aromatic amines is 1. The van der Waals surface area contributed by atoms with Gasteiger partial charge in [0.15, 0.2) is 17.2 Å². The van der Waals surface area contributed by atoms with E-state index in [1.165, 1.54) is 33.9 Å². The SMILES string of the molecule is N#Cc1c[nH]c2ncnc(N3C[C@@H](F)C[C@H]3c3nn4ccc(F)c4c(=O)n3-c3ccccc3)c12. The van der Waals surface area contributed by atoms with Crippen LogP contribution in [0.2, 0.25) is 0 Å². The minimum Gasteiger partial charge on any atom is -0.345 e. The third-order valence-electron chi connectivity index (χ3n) is 6.07. The molecule has 0 bridgehead atoms. The van der Waals surface area contributed by atoms with Gasteiger partial charge < -0.3 is 9.88 Å². The second-order valence-electron chi connectivity index (χ2n) is 8.03. The van der Waals surface area contributed by atoms with Gasteiger partial charge in [0.2, 0.25) is 0 Å². The van der Waals surface area contributed by atoms with Crippen molar-refractivity contribution in [2.45, 2.75) is 18.6 Å². The van der Waals surface area contributed by atoms with Crippen molar-refractivity contribution in [2.75, 3.05) is 11.4 Å². The van der Waals surface area contributed by atoms with E-state index in [2.05, 4.69) is 26.1 Å². The first kappa shape index (κ1) is 20.0. The largest absolute Gasteiger partial charge is 0.345 e. The lowest BCUT2D eigenvalue weighted by Gasteiger charge is -2.27. The second-order valence-corrected chi connectivity index (χ2v) is 8.03. The summed E-state index contributed by atoms with van der Waals surface area (Å²) in [4.78, 5) is 26.6. The van der Waals surface area contributed by atoms with Crippen LogP contribution in [0.25, 0.3) is 22.2 Å². The number of hydrogen-bond acceptors (Lipinski definition) is 6. The van der Waals surface area contributed by atoms with Gasteiger partial charge in [-0.2, -0.15) is 10.4 Å². The van der Waals surface area contributed by atoms with Gasteiger partial charge in [-0.1, -0.05) is 18.2 Å². The van der Waals surface area contributed by atoms with Crippen LogP contribution >= 0.6 is 0 Å². The lowest BCUT2D eigenvalue weighted by atomic mass is 10.1. The molecule has 1 aromatic carbocycles. The fourth-order valence-corrected chi connectivity index (χ4v) is 4.61. The van der Waals surface area contributed by atoms with Crippen LogP contribution in [0.3, 0.4) is 0 Å². The number of nitrogens with one attached hydrogen (secondary N) is 1. The quantitative estimate of drug-likeness (QED) is 0.445. The summed E-state index contributed by atoms with van der Waals surface area (Å²) in [6.07, 6.45) is 3.01. The van der Waals surface area contributed by atoms with Gasteiger partial charge >= 0.3 is 0 Å². The van der Waals surface area contributed by atoms with Crippen molar-refractivity contribution in [1.29, 1.82) is 5.26 Å². The summed E-state index contributed by atoms with van der Waals surface area (Å²) in [5, 5.41) is 14.6. The molecule has 0 spiro atoms. The molecule has 0 saturated carbocycles. The topological polar surface area (TPSA) is 108 Å². The first-order valence-electron chi connectivity index (χ1n) is 10.5. The molecule has 1 aliphatic rings. The number of alkyl halides is 1. The average molecular weight is 458 g/mol. The van der Waals surface area contributed by atoms with Gasteiger partial charge in [0.1, 0.15) is 30.0 Å². The Balaban J connectivity index is 1.62. The summed E-state index contributed by atoms with van der Waals surface area (Å²) >= 11 is 0. The Labute approximate surface area is 190 Å². The van der Waals surface area contributed by atoms with E-state index in [4.69, 9.17) is 0 Å². The molecule has 0 aliphatic carbocycles. The van der Waals surface area contributed by atoms with Gasteiger partial charge in [-0.15, -0.1) is 0 Å². The Morgan fingerprint density at radius 1 is 1.18 bits per heavy atom. The first-order chi connectivity index (χ1) is 16.6. The minimum absolute atomic E-state index is 0.0183. The van der Waals surface area contributed by atoms with Crippen molar-refractivity contribution in [1.82, 2.24) is 29.1 Å². The van der Waals surface area contributed by atoms with E-state index in [9.17, 15) is 18.8 Å². The molecule has 5 heterocycles. The molecule has 1 saturated heterocycles. The van der Waals surface area contributed by atoms with Crippen molar-refractivity contribution in [3.8, 4) is 11.8 Å². The fraction of sp³-hybridized carbons (Fsp3) is 0.174. The highest BCUT2D eigenvalue weighted by atomic mass is 19.1. The molecule has 9 nitrogen and oxygen atoms in total.